The average Bonchev–Trinajstić information content (AvgIpc) is 2.54. The summed E-state index contributed by atoms with van der Waals surface area (Å²) in [5.74, 6) is -0.839. The molecule has 1 amide bonds. The minimum Gasteiger partial charge on any atom is -0.366 e. The third-order valence-electron chi connectivity index (χ3n) is 4.93. The Balaban J connectivity index is 2.02. The third-order valence-corrected chi connectivity index (χ3v) is 4.93. The zero-order valence-corrected chi connectivity index (χ0v) is 13.5. The fraction of sp³-hybridized carbons (Fsp3) is 0.438. The summed E-state index contributed by atoms with van der Waals surface area (Å²) in [6, 6.07) is 9.28. The van der Waals surface area contributed by atoms with Crippen LogP contribution in [0.25, 0.3) is 0 Å². The summed E-state index contributed by atoms with van der Waals surface area (Å²) < 4.78 is 0. The Hall–Kier alpha value is -2.81. The molecule has 3 rings (SSSR count). The number of amides is 1. The van der Waals surface area contributed by atoms with Crippen LogP contribution in [0.5, 0.6) is 0 Å². The second-order valence-corrected chi connectivity index (χ2v) is 6.86. The molecule has 2 unspecified atom stereocenters. The zero-order chi connectivity index (χ0) is 18.2. The number of nitrogens with zero attached hydrogens (tertiary/aromatic N) is 3. The minimum atomic E-state index is -1.68. The molecule has 1 aromatic rings. The second-order valence-electron chi connectivity index (χ2n) is 6.86. The predicted molar refractivity (Wildman–Crippen MR) is 87.7 cm³/mol. The van der Waals surface area contributed by atoms with E-state index in [1.54, 1.807) is 4.90 Å². The molecule has 0 aromatic heterocycles. The first kappa shape index (κ1) is 17.0. The molecule has 1 heterocycles. The molecule has 1 fully saturated rings. The number of rotatable bonds is 5. The number of likely N-dealkylation sites (tertiary alicyclic amines) is 1. The van der Waals surface area contributed by atoms with Crippen LogP contribution in [-0.2, 0) is 11.3 Å². The van der Waals surface area contributed by atoms with E-state index in [1.165, 1.54) is 6.08 Å². The van der Waals surface area contributed by atoms with Gasteiger partial charge in [-0.05, 0) is 5.56 Å². The van der Waals surface area contributed by atoms with E-state index in [2.05, 4.69) is 0 Å². The van der Waals surface area contributed by atoms with E-state index >= 15 is 0 Å². The second kappa shape index (κ2) is 5.92. The highest BCUT2D eigenvalue weighted by atomic mass is 16.6. The van der Waals surface area contributed by atoms with E-state index in [1.807, 2.05) is 30.3 Å². The Labute approximate surface area is 143 Å². The number of hydrogen-bond acceptors (Lipinski definition) is 6. The Morgan fingerprint density at radius 3 is 2.40 bits per heavy atom. The maximum absolute atomic E-state index is 11.8. The van der Waals surface area contributed by atoms with Crippen molar-refractivity contribution in [1.82, 2.24) is 4.90 Å². The number of piperidine rings is 1. The first-order valence-corrected chi connectivity index (χ1v) is 7.83. The number of hydrogen-bond donors (Lipinski definition) is 1. The highest BCUT2D eigenvalue weighted by molar-refractivity contribution is 5.92. The summed E-state index contributed by atoms with van der Waals surface area (Å²) in [5, 5.41) is 23.6. The number of nitro groups is 2. The van der Waals surface area contributed by atoms with Crippen LogP contribution in [0.4, 0.5) is 0 Å². The SMILES string of the molecule is NC(=O)C1=CC2([N+](=O)[O-])CN(Cc3ccccc3)CC([N+](=O)[O-])(C1)C2. The van der Waals surface area contributed by atoms with Crippen molar-refractivity contribution in [2.75, 3.05) is 13.1 Å². The maximum atomic E-state index is 11.8. The van der Waals surface area contributed by atoms with Crippen molar-refractivity contribution in [3.8, 4) is 0 Å². The van der Waals surface area contributed by atoms with Gasteiger partial charge in [-0.1, -0.05) is 30.3 Å². The lowest BCUT2D eigenvalue weighted by Gasteiger charge is -2.44. The van der Waals surface area contributed by atoms with Crippen LogP contribution in [0, 0.1) is 20.2 Å². The molecule has 0 radical (unpaired) electrons. The van der Waals surface area contributed by atoms with Gasteiger partial charge >= 0.3 is 0 Å². The van der Waals surface area contributed by atoms with Gasteiger partial charge in [0.15, 0.2) is 0 Å². The number of nitrogens with two attached hydrogens (primary N) is 1. The standard InChI is InChI=1S/C16H18N4O5/c17-14(21)13-6-15(19(22)23)9-16(7-13,20(24)25)11-18(10-15)8-12-4-2-1-3-5-12/h1-6H,7-11H2,(H2,17,21). The van der Waals surface area contributed by atoms with E-state index in [9.17, 15) is 25.0 Å². The van der Waals surface area contributed by atoms with Gasteiger partial charge in [0, 0.05) is 28.0 Å². The summed E-state index contributed by atoms with van der Waals surface area (Å²) in [4.78, 5) is 35.9. The molecule has 1 saturated heterocycles. The minimum absolute atomic E-state index is 0.00125. The van der Waals surface area contributed by atoms with Gasteiger partial charge in [-0.3, -0.25) is 29.9 Å². The summed E-state index contributed by atoms with van der Waals surface area (Å²) in [6.45, 7) is 0.405. The summed E-state index contributed by atoms with van der Waals surface area (Å²) in [7, 11) is 0. The van der Waals surface area contributed by atoms with Crippen LogP contribution in [0.15, 0.2) is 42.0 Å². The fourth-order valence-electron chi connectivity index (χ4n) is 3.96. The van der Waals surface area contributed by atoms with E-state index in [0.717, 1.165) is 5.56 Å². The molecule has 0 spiro atoms. The molecular formula is C16H18N4O5. The quantitative estimate of drug-likeness (QED) is 0.617. The highest BCUT2D eigenvalue weighted by Gasteiger charge is 2.64. The zero-order valence-electron chi connectivity index (χ0n) is 13.5. The Kier molecular flexibility index (Phi) is 4.03. The largest absolute Gasteiger partial charge is 0.366 e. The Morgan fingerprint density at radius 1 is 1.16 bits per heavy atom. The lowest BCUT2D eigenvalue weighted by atomic mass is 9.69. The first-order chi connectivity index (χ1) is 11.8. The van der Waals surface area contributed by atoms with Gasteiger partial charge in [0.25, 0.3) is 5.54 Å². The monoisotopic (exact) mass is 346 g/mol. The summed E-state index contributed by atoms with van der Waals surface area (Å²) in [5.41, 5.74) is 2.91. The van der Waals surface area contributed by atoms with Gasteiger partial charge in [-0.25, -0.2) is 0 Å². The molecule has 0 saturated carbocycles. The van der Waals surface area contributed by atoms with E-state index in [-0.39, 0.29) is 31.5 Å². The van der Waals surface area contributed by atoms with Gasteiger partial charge in [-0.15, -0.1) is 0 Å². The molecule has 1 aliphatic heterocycles. The molecule has 2 atom stereocenters. The molecule has 1 aromatic carbocycles. The summed E-state index contributed by atoms with van der Waals surface area (Å²) in [6.07, 6.45) is 0.812. The molecule has 2 aliphatic rings. The van der Waals surface area contributed by atoms with Gasteiger partial charge in [0.05, 0.1) is 25.9 Å². The molecule has 9 heteroatoms. The molecule has 132 valence electrons. The van der Waals surface area contributed by atoms with Gasteiger partial charge < -0.3 is 5.73 Å². The fourth-order valence-corrected chi connectivity index (χ4v) is 3.96. The van der Waals surface area contributed by atoms with Crippen LogP contribution in [-0.4, -0.2) is 44.8 Å². The van der Waals surface area contributed by atoms with Crippen molar-refractivity contribution in [2.45, 2.75) is 30.5 Å². The lowest BCUT2D eigenvalue weighted by molar-refractivity contribution is -0.620. The van der Waals surface area contributed by atoms with Crippen LogP contribution in [0.2, 0.25) is 0 Å². The van der Waals surface area contributed by atoms with E-state index < -0.39 is 26.8 Å². The molecule has 9 nitrogen and oxygen atoms in total. The van der Waals surface area contributed by atoms with Crippen molar-refractivity contribution in [1.29, 1.82) is 0 Å². The van der Waals surface area contributed by atoms with Gasteiger partial charge in [-0.2, -0.15) is 0 Å². The topological polar surface area (TPSA) is 133 Å². The highest BCUT2D eigenvalue weighted by Crippen LogP contribution is 2.43. The van der Waals surface area contributed by atoms with Crippen LogP contribution in [0.1, 0.15) is 18.4 Å². The van der Waals surface area contributed by atoms with Crippen molar-refractivity contribution in [3.63, 3.8) is 0 Å². The number of primary amides is 1. The Morgan fingerprint density at radius 2 is 1.84 bits per heavy atom. The van der Waals surface area contributed by atoms with E-state index in [4.69, 9.17) is 5.73 Å². The van der Waals surface area contributed by atoms with Crippen LogP contribution >= 0.6 is 0 Å². The van der Waals surface area contributed by atoms with Gasteiger partial charge in [0.2, 0.25) is 11.4 Å². The number of carbonyl (C=O) groups is 1. The van der Waals surface area contributed by atoms with Crippen molar-refractivity contribution in [2.24, 2.45) is 5.73 Å². The summed E-state index contributed by atoms with van der Waals surface area (Å²) >= 11 is 0. The molecule has 2 bridgehead atoms. The first-order valence-electron chi connectivity index (χ1n) is 7.83. The molecule has 1 aliphatic carbocycles. The third kappa shape index (κ3) is 2.98. The number of benzene rings is 1. The van der Waals surface area contributed by atoms with Crippen molar-refractivity contribution >= 4 is 5.91 Å². The van der Waals surface area contributed by atoms with Crippen LogP contribution < -0.4 is 5.73 Å². The predicted octanol–water partition coefficient (Wildman–Crippen LogP) is 0.739. The number of fused-ring (bicyclic) bond motifs is 2. The lowest BCUT2D eigenvalue weighted by Crippen LogP contribution is -2.66. The average molecular weight is 346 g/mol. The normalized spacial score (nSPS) is 28.9. The van der Waals surface area contributed by atoms with E-state index in [0.29, 0.717) is 6.54 Å². The van der Waals surface area contributed by atoms with Crippen molar-refractivity contribution in [3.05, 3.63) is 67.8 Å². The van der Waals surface area contributed by atoms with Gasteiger partial charge in [0.1, 0.15) is 0 Å². The van der Waals surface area contributed by atoms with Crippen molar-refractivity contribution < 1.29 is 14.6 Å². The van der Waals surface area contributed by atoms with Crippen LogP contribution in [0.3, 0.4) is 0 Å². The Bertz CT molecular complexity index is 765. The molecular weight excluding hydrogens is 328 g/mol. The maximum Gasteiger partial charge on any atom is 0.260 e. The molecule has 2 N–H and O–H groups in total. The number of carbonyl (C=O) groups excluding carboxylic acids is 1. The smallest absolute Gasteiger partial charge is 0.260 e. The molecule has 25 heavy (non-hydrogen) atoms.